The van der Waals surface area contributed by atoms with Crippen molar-refractivity contribution in [2.75, 3.05) is 44.9 Å². The minimum Gasteiger partial charge on any atom is -0.383 e. The molecule has 0 aliphatic carbocycles. The predicted molar refractivity (Wildman–Crippen MR) is 60.4 cm³/mol. The third-order valence-corrected chi connectivity index (χ3v) is 2.94. The highest BCUT2D eigenvalue weighted by atomic mass is 32.2. The van der Waals surface area contributed by atoms with Gasteiger partial charge < -0.3 is 9.64 Å². The molecule has 3 N–H and O–H groups in total. The number of ether oxygens (including phenoxy) is 1. The van der Waals surface area contributed by atoms with Crippen molar-refractivity contribution >= 4 is 17.7 Å². The zero-order valence-electron chi connectivity index (χ0n) is 8.53. The minimum absolute atomic E-state index is 0.633. The van der Waals surface area contributed by atoms with Gasteiger partial charge in [-0.3, -0.25) is 5.43 Å². The van der Waals surface area contributed by atoms with Crippen molar-refractivity contribution in [2.45, 2.75) is 0 Å². The zero-order chi connectivity index (χ0) is 10.2. The molecule has 0 aromatic carbocycles. The van der Waals surface area contributed by atoms with Crippen LogP contribution < -0.4 is 11.3 Å². The molecule has 1 fully saturated rings. The van der Waals surface area contributed by atoms with E-state index < -0.39 is 0 Å². The SMILES string of the molecule is COCCN=C(NN)N1CCSCC1. The van der Waals surface area contributed by atoms with Gasteiger partial charge in [-0.2, -0.15) is 11.8 Å². The topological polar surface area (TPSA) is 62.9 Å². The molecule has 5 nitrogen and oxygen atoms in total. The highest BCUT2D eigenvalue weighted by Gasteiger charge is 2.13. The molecule has 0 radical (unpaired) electrons. The van der Waals surface area contributed by atoms with Crippen LogP contribution in [-0.2, 0) is 4.74 Å². The van der Waals surface area contributed by atoms with Gasteiger partial charge in [0.2, 0.25) is 5.96 Å². The van der Waals surface area contributed by atoms with Gasteiger partial charge in [0, 0.05) is 31.7 Å². The first kappa shape index (κ1) is 11.6. The molecule has 14 heavy (non-hydrogen) atoms. The lowest BCUT2D eigenvalue weighted by Crippen LogP contribution is -2.48. The zero-order valence-corrected chi connectivity index (χ0v) is 9.35. The lowest BCUT2D eigenvalue weighted by atomic mass is 10.5. The number of nitrogens with one attached hydrogen (secondary N) is 1. The maximum Gasteiger partial charge on any atom is 0.208 e. The molecule has 1 aliphatic heterocycles. The van der Waals surface area contributed by atoms with Crippen molar-refractivity contribution in [3.05, 3.63) is 0 Å². The Morgan fingerprint density at radius 3 is 2.86 bits per heavy atom. The molecule has 0 saturated carbocycles. The summed E-state index contributed by atoms with van der Waals surface area (Å²) in [5.41, 5.74) is 2.64. The maximum atomic E-state index is 5.42. The standard InChI is InChI=1S/C8H18N4OS/c1-13-5-2-10-8(11-9)12-3-6-14-7-4-12/h2-7,9H2,1H3,(H,10,11). The molecule has 1 aliphatic rings. The average Bonchev–Trinajstić information content (AvgIpc) is 2.26. The lowest BCUT2D eigenvalue weighted by Gasteiger charge is -2.28. The van der Waals surface area contributed by atoms with E-state index in [2.05, 4.69) is 15.3 Å². The first-order chi connectivity index (χ1) is 6.88. The monoisotopic (exact) mass is 218 g/mol. The Morgan fingerprint density at radius 1 is 1.57 bits per heavy atom. The van der Waals surface area contributed by atoms with Gasteiger partial charge in [-0.15, -0.1) is 0 Å². The molecule has 0 spiro atoms. The van der Waals surface area contributed by atoms with E-state index in [9.17, 15) is 0 Å². The van der Waals surface area contributed by atoms with Crippen molar-refractivity contribution in [3.63, 3.8) is 0 Å². The van der Waals surface area contributed by atoms with Crippen LogP contribution in [0.3, 0.4) is 0 Å². The van der Waals surface area contributed by atoms with Crippen molar-refractivity contribution in [1.82, 2.24) is 10.3 Å². The summed E-state index contributed by atoms with van der Waals surface area (Å²) < 4.78 is 4.93. The van der Waals surface area contributed by atoms with E-state index in [-0.39, 0.29) is 0 Å². The highest BCUT2D eigenvalue weighted by Crippen LogP contribution is 2.08. The Bertz CT molecular complexity index is 182. The van der Waals surface area contributed by atoms with Crippen molar-refractivity contribution < 1.29 is 4.74 Å². The number of aliphatic imine (C=N–C) groups is 1. The van der Waals surface area contributed by atoms with Crippen LogP contribution in [0.15, 0.2) is 4.99 Å². The lowest BCUT2D eigenvalue weighted by molar-refractivity contribution is 0.207. The van der Waals surface area contributed by atoms with E-state index in [1.807, 2.05) is 11.8 Å². The fourth-order valence-electron chi connectivity index (χ4n) is 1.25. The second-order valence-electron chi connectivity index (χ2n) is 2.94. The van der Waals surface area contributed by atoms with Crippen molar-refractivity contribution in [3.8, 4) is 0 Å². The molecule has 0 aromatic heterocycles. The van der Waals surface area contributed by atoms with Gasteiger partial charge in [-0.05, 0) is 0 Å². The van der Waals surface area contributed by atoms with E-state index in [1.165, 1.54) is 0 Å². The summed E-state index contributed by atoms with van der Waals surface area (Å²) in [4.78, 5) is 6.50. The summed E-state index contributed by atoms with van der Waals surface area (Å²) in [6.45, 7) is 3.31. The quantitative estimate of drug-likeness (QED) is 0.220. The second-order valence-corrected chi connectivity index (χ2v) is 4.17. The molecule has 1 saturated heterocycles. The van der Waals surface area contributed by atoms with Crippen LogP contribution in [0.25, 0.3) is 0 Å². The summed E-state index contributed by atoms with van der Waals surface area (Å²) in [7, 11) is 1.67. The van der Waals surface area contributed by atoms with Crippen molar-refractivity contribution in [1.29, 1.82) is 0 Å². The van der Waals surface area contributed by atoms with Gasteiger partial charge in [0.25, 0.3) is 0 Å². The number of hydrazine groups is 1. The molecule has 0 aromatic rings. The number of rotatable bonds is 3. The van der Waals surface area contributed by atoms with Gasteiger partial charge in [-0.1, -0.05) is 0 Å². The van der Waals surface area contributed by atoms with E-state index in [0.29, 0.717) is 13.2 Å². The summed E-state index contributed by atoms with van der Waals surface area (Å²) in [6, 6.07) is 0. The average molecular weight is 218 g/mol. The third kappa shape index (κ3) is 3.73. The van der Waals surface area contributed by atoms with E-state index in [0.717, 1.165) is 30.6 Å². The van der Waals surface area contributed by atoms with E-state index in [1.54, 1.807) is 7.11 Å². The first-order valence-corrected chi connectivity index (χ1v) is 5.86. The highest BCUT2D eigenvalue weighted by molar-refractivity contribution is 7.99. The van der Waals surface area contributed by atoms with Crippen LogP contribution in [0.5, 0.6) is 0 Å². The van der Waals surface area contributed by atoms with Crippen LogP contribution in [0.4, 0.5) is 0 Å². The second kappa shape index (κ2) is 6.92. The Hall–Kier alpha value is -0.460. The molecule has 82 valence electrons. The molecule has 0 atom stereocenters. The van der Waals surface area contributed by atoms with Crippen LogP contribution >= 0.6 is 11.8 Å². The van der Waals surface area contributed by atoms with Crippen LogP contribution in [0, 0.1) is 0 Å². The fraction of sp³-hybridized carbons (Fsp3) is 0.875. The number of nitrogens with two attached hydrogens (primary N) is 1. The number of hydrogen-bond acceptors (Lipinski definition) is 4. The number of guanidine groups is 1. The van der Waals surface area contributed by atoms with Crippen LogP contribution in [0.1, 0.15) is 0 Å². The Labute approximate surface area is 89.0 Å². The summed E-state index contributed by atoms with van der Waals surface area (Å²) in [5.74, 6) is 8.48. The third-order valence-electron chi connectivity index (χ3n) is 2.00. The van der Waals surface area contributed by atoms with Gasteiger partial charge in [0.05, 0.1) is 13.2 Å². The molecular formula is C8H18N4OS. The van der Waals surface area contributed by atoms with Gasteiger partial charge in [-0.25, -0.2) is 10.8 Å². The first-order valence-electron chi connectivity index (χ1n) is 4.71. The summed E-state index contributed by atoms with van der Waals surface area (Å²) in [5, 5.41) is 0. The number of methoxy groups -OCH3 is 1. The van der Waals surface area contributed by atoms with E-state index >= 15 is 0 Å². The Balaban J connectivity index is 2.38. The largest absolute Gasteiger partial charge is 0.383 e. The summed E-state index contributed by atoms with van der Waals surface area (Å²) in [6.07, 6.45) is 0. The van der Waals surface area contributed by atoms with Crippen molar-refractivity contribution in [2.24, 2.45) is 10.8 Å². The smallest absolute Gasteiger partial charge is 0.208 e. The summed E-state index contributed by atoms with van der Waals surface area (Å²) >= 11 is 1.96. The predicted octanol–water partition coefficient (Wildman–Crippen LogP) is -0.499. The molecule has 0 bridgehead atoms. The number of nitrogens with zero attached hydrogens (tertiary/aromatic N) is 2. The molecule has 6 heteroatoms. The van der Waals surface area contributed by atoms with Crippen LogP contribution in [-0.4, -0.2) is 55.7 Å². The van der Waals surface area contributed by atoms with E-state index in [4.69, 9.17) is 10.6 Å². The van der Waals surface area contributed by atoms with Gasteiger partial charge in [0.1, 0.15) is 0 Å². The molecule has 1 rings (SSSR count). The molecule has 0 amide bonds. The molecule has 1 heterocycles. The Morgan fingerprint density at radius 2 is 2.29 bits per heavy atom. The molecule has 0 unspecified atom stereocenters. The van der Waals surface area contributed by atoms with Gasteiger partial charge >= 0.3 is 0 Å². The van der Waals surface area contributed by atoms with Gasteiger partial charge in [0.15, 0.2) is 0 Å². The van der Waals surface area contributed by atoms with Crippen LogP contribution in [0.2, 0.25) is 0 Å². The minimum atomic E-state index is 0.633. The number of thioether (sulfide) groups is 1. The molecular weight excluding hydrogens is 200 g/mol. The Kier molecular flexibility index (Phi) is 5.74. The fourth-order valence-corrected chi connectivity index (χ4v) is 2.16. The number of hydrogen-bond donors (Lipinski definition) is 2. The normalized spacial score (nSPS) is 18.4. The maximum absolute atomic E-state index is 5.42.